The molecule has 6 nitrogen and oxygen atoms in total. The Kier molecular flexibility index (Phi) is 4.35. The number of benzene rings is 1. The fraction of sp³-hybridized carbons (Fsp3) is 0.167. The molecule has 0 fully saturated rings. The van der Waals surface area contributed by atoms with Crippen molar-refractivity contribution in [2.75, 3.05) is 19.4 Å². The van der Waals surface area contributed by atoms with Gasteiger partial charge in [0.05, 0.1) is 0 Å². The van der Waals surface area contributed by atoms with Crippen molar-refractivity contribution in [1.29, 1.82) is 0 Å². The normalized spacial score (nSPS) is 11.6. The van der Waals surface area contributed by atoms with Crippen LogP contribution in [0.3, 0.4) is 0 Å². The van der Waals surface area contributed by atoms with Crippen LogP contribution in [0.1, 0.15) is 10.4 Å². The number of anilines is 1. The van der Waals surface area contributed by atoms with Gasteiger partial charge in [-0.05, 0) is 18.2 Å². The van der Waals surface area contributed by atoms with Crippen molar-refractivity contribution in [3.05, 3.63) is 41.2 Å². The maximum absolute atomic E-state index is 13.7. The van der Waals surface area contributed by atoms with Crippen molar-refractivity contribution >= 4 is 32.4 Å². The molecule has 21 heavy (non-hydrogen) atoms. The average Bonchev–Trinajstić information content (AvgIpc) is 2.91. The van der Waals surface area contributed by atoms with Gasteiger partial charge in [0, 0.05) is 31.2 Å². The third kappa shape index (κ3) is 3.26. The predicted molar refractivity (Wildman–Crippen MR) is 77.3 cm³/mol. The minimum atomic E-state index is -3.96. The lowest BCUT2D eigenvalue weighted by Crippen LogP contribution is -2.24. The highest BCUT2D eigenvalue weighted by atomic mass is 32.2. The van der Waals surface area contributed by atoms with Crippen molar-refractivity contribution in [3.63, 3.8) is 0 Å². The number of carbonyl (C=O) groups excluding carboxylic acids is 1. The Hall–Kier alpha value is -1.84. The maximum Gasteiger partial charge on any atom is 0.257 e. The summed E-state index contributed by atoms with van der Waals surface area (Å²) in [5.41, 5.74) is 0.0343. The smallest absolute Gasteiger partial charge is 0.257 e. The molecule has 1 N–H and O–H groups in total. The summed E-state index contributed by atoms with van der Waals surface area (Å²) in [6.07, 6.45) is 1.52. The van der Waals surface area contributed by atoms with Crippen LogP contribution < -0.4 is 5.32 Å². The van der Waals surface area contributed by atoms with Gasteiger partial charge in [0.2, 0.25) is 10.0 Å². The van der Waals surface area contributed by atoms with Gasteiger partial charge in [0.15, 0.2) is 5.13 Å². The largest absolute Gasteiger partial charge is 0.298 e. The molecule has 0 saturated heterocycles. The maximum atomic E-state index is 13.7. The van der Waals surface area contributed by atoms with Gasteiger partial charge >= 0.3 is 0 Å². The van der Waals surface area contributed by atoms with Crippen molar-refractivity contribution in [1.82, 2.24) is 9.29 Å². The molecule has 0 bridgehead atoms. The van der Waals surface area contributed by atoms with Crippen molar-refractivity contribution in [2.24, 2.45) is 0 Å². The summed E-state index contributed by atoms with van der Waals surface area (Å²) < 4.78 is 38.6. The molecule has 0 aliphatic rings. The van der Waals surface area contributed by atoms with Gasteiger partial charge in [-0.3, -0.25) is 10.1 Å². The Labute approximate surface area is 125 Å². The first-order valence-corrected chi connectivity index (χ1v) is 8.07. The molecule has 2 aromatic rings. The lowest BCUT2D eigenvalue weighted by Gasteiger charge is -2.13. The number of amides is 1. The highest BCUT2D eigenvalue weighted by Gasteiger charge is 2.23. The van der Waals surface area contributed by atoms with Crippen LogP contribution in [-0.2, 0) is 10.0 Å². The second kappa shape index (κ2) is 5.88. The van der Waals surface area contributed by atoms with Gasteiger partial charge in [-0.15, -0.1) is 11.3 Å². The third-order valence-electron chi connectivity index (χ3n) is 2.60. The van der Waals surface area contributed by atoms with E-state index in [1.54, 1.807) is 5.38 Å². The zero-order chi connectivity index (χ0) is 15.6. The fourth-order valence-electron chi connectivity index (χ4n) is 1.49. The lowest BCUT2D eigenvalue weighted by atomic mass is 10.2. The SMILES string of the molecule is CN(C)S(=O)(=O)c1cc(C(=O)Nc2nccs2)ccc1F. The first-order valence-electron chi connectivity index (χ1n) is 5.75. The Morgan fingerprint density at radius 2 is 2.10 bits per heavy atom. The van der Waals surface area contributed by atoms with Crippen LogP contribution in [0.25, 0.3) is 0 Å². The van der Waals surface area contributed by atoms with Crippen molar-refractivity contribution in [2.45, 2.75) is 4.90 Å². The minimum Gasteiger partial charge on any atom is -0.298 e. The third-order valence-corrected chi connectivity index (χ3v) is 5.12. The number of nitrogens with zero attached hydrogens (tertiary/aromatic N) is 2. The molecule has 9 heteroatoms. The van der Waals surface area contributed by atoms with Gasteiger partial charge < -0.3 is 0 Å². The van der Waals surface area contributed by atoms with Crippen LogP contribution in [0.15, 0.2) is 34.7 Å². The summed E-state index contributed by atoms with van der Waals surface area (Å²) in [6, 6.07) is 3.17. The molecule has 0 atom stereocenters. The second-order valence-corrected chi connectivity index (χ2v) is 7.24. The molecule has 1 amide bonds. The zero-order valence-corrected chi connectivity index (χ0v) is 12.8. The molecular weight excluding hydrogens is 317 g/mol. The standard InChI is InChI=1S/C12H12FN3O3S2/c1-16(2)21(18,19)10-7-8(3-4-9(10)13)11(17)15-12-14-5-6-20-12/h3-7H,1-2H3,(H,14,15,17). The van der Waals surface area contributed by atoms with Gasteiger partial charge in [-0.25, -0.2) is 22.1 Å². The molecule has 1 aromatic carbocycles. The van der Waals surface area contributed by atoms with Crippen LogP contribution in [0.2, 0.25) is 0 Å². The molecule has 2 rings (SSSR count). The molecule has 1 heterocycles. The van der Waals surface area contributed by atoms with Gasteiger partial charge in [0.25, 0.3) is 5.91 Å². The summed E-state index contributed by atoms with van der Waals surface area (Å²) in [6.45, 7) is 0. The van der Waals surface area contributed by atoms with Gasteiger partial charge in [0.1, 0.15) is 10.7 Å². The number of thiazole rings is 1. The first-order chi connectivity index (χ1) is 9.82. The Balaban J connectivity index is 2.37. The number of sulfonamides is 1. The summed E-state index contributed by atoms with van der Waals surface area (Å²) in [4.78, 5) is 15.3. The van der Waals surface area contributed by atoms with Crippen LogP contribution in [0.5, 0.6) is 0 Å². The van der Waals surface area contributed by atoms with Crippen LogP contribution >= 0.6 is 11.3 Å². The molecule has 0 aliphatic heterocycles. The van der Waals surface area contributed by atoms with E-state index < -0.39 is 26.6 Å². The number of hydrogen-bond donors (Lipinski definition) is 1. The molecular formula is C12H12FN3O3S2. The van der Waals surface area contributed by atoms with E-state index in [-0.39, 0.29) is 5.56 Å². The van der Waals surface area contributed by atoms with Gasteiger partial charge in [-0.2, -0.15) is 0 Å². The Morgan fingerprint density at radius 1 is 1.38 bits per heavy atom. The van der Waals surface area contributed by atoms with Crippen molar-refractivity contribution in [3.8, 4) is 0 Å². The number of carbonyl (C=O) groups is 1. The first kappa shape index (κ1) is 15.5. The number of nitrogens with one attached hydrogen (secondary N) is 1. The molecule has 0 unspecified atom stereocenters. The summed E-state index contributed by atoms with van der Waals surface area (Å²) in [5.74, 6) is -1.46. The summed E-state index contributed by atoms with van der Waals surface area (Å²) >= 11 is 1.22. The van der Waals surface area contributed by atoms with E-state index in [2.05, 4.69) is 10.3 Å². The van der Waals surface area contributed by atoms with E-state index in [0.29, 0.717) is 5.13 Å². The predicted octanol–water partition coefficient (Wildman–Crippen LogP) is 1.78. The molecule has 0 saturated carbocycles. The van der Waals surface area contributed by atoms with E-state index >= 15 is 0 Å². The highest BCUT2D eigenvalue weighted by molar-refractivity contribution is 7.89. The summed E-state index contributed by atoms with van der Waals surface area (Å²) in [7, 11) is -1.38. The average molecular weight is 329 g/mol. The molecule has 0 radical (unpaired) electrons. The quantitative estimate of drug-likeness (QED) is 0.927. The topological polar surface area (TPSA) is 79.4 Å². The number of hydrogen-bond acceptors (Lipinski definition) is 5. The fourth-order valence-corrected chi connectivity index (χ4v) is 3.00. The van der Waals surface area contributed by atoms with Crippen LogP contribution in [-0.4, -0.2) is 37.7 Å². The number of aromatic nitrogens is 1. The molecule has 0 spiro atoms. The van der Waals surface area contributed by atoms with Crippen molar-refractivity contribution < 1.29 is 17.6 Å². The monoisotopic (exact) mass is 329 g/mol. The summed E-state index contributed by atoms with van der Waals surface area (Å²) in [5, 5.41) is 4.56. The molecule has 0 aliphatic carbocycles. The van der Waals surface area contributed by atoms with Gasteiger partial charge in [-0.1, -0.05) is 0 Å². The van der Waals surface area contributed by atoms with Crippen LogP contribution in [0.4, 0.5) is 9.52 Å². The van der Waals surface area contributed by atoms with E-state index in [1.165, 1.54) is 37.7 Å². The van der Waals surface area contributed by atoms with E-state index in [4.69, 9.17) is 0 Å². The molecule has 112 valence electrons. The van der Waals surface area contributed by atoms with E-state index in [1.807, 2.05) is 0 Å². The Morgan fingerprint density at radius 3 is 2.67 bits per heavy atom. The van der Waals surface area contributed by atoms with Crippen LogP contribution in [0, 0.1) is 5.82 Å². The second-order valence-electron chi connectivity index (χ2n) is 4.22. The number of rotatable bonds is 4. The lowest BCUT2D eigenvalue weighted by molar-refractivity contribution is 0.102. The zero-order valence-electron chi connectivity index (χ0n) is 11.2. The van der Waals surface area contributed by atoms with E-state index in [9.17, 15) is 17.6 Å². The minimum absolute atomic E-state index is 0.0343. The number of halogens is 1. The molecule has 1 aromatic heterocycles. The van der Waals surface area contributed by atoms with E-state index in [0.717, 1.165) is 16.4 Å². The highest BCUT2D eigenvalue weighted by Crippen LogP contribution is 2.20. The Bertz CT molecular complexity index is 758.